The van der Waals surface area contributed by atoms with Gasteiger partial charge in [-0.05, 0) is 18.8 Å². The lowest BCUT2D eigenvalue weighted by Gasteiger charge is -2.37. The second-order valence-corrected chi connectivity index (χ2v) is 6.06. The van der Waals surface area contributed by atoms with Crippen molar-refractivity contribution in [3.63, 3.8) is 0 Å². The van der Waals surface area contributed by atoms with Crippen LogP contribution in [0.4, 0.5) is 0 Å². The van der Waals surface area contributed by atoms with E-state index in [1.54, 1.807) is 0 Å². The molecule has 0 bridgehead atoms. The van der Waals surface area contributed by atoms with Crippen LogP contribution in [-0.4, -0.2) is 16.8 Å². The zero-order valence-electron chi connectivity index (χ0n) is 10.7. The first kappa shape index (κ1) is 14.0. The van der Waals surface area contributed by atoms with Crippen molar-refractivity contribution >= 4 is 21.8 Å². The van der Waals surface area contributed by atoms with Crippen molar-refractivity contribution in [3.8, 4) is 0 Å². The summed E-state index contributed by atoms with van der Waals surface area (Å²) < 4.78 is 0. The Balaban J connectivity index is 2.58. The van der Waals surface area contributed by atoms with Gasteiger partial charge in [-0.3, -0.25) is 4.79 Å². The van der Waals surface area contributed by atoms with Gasteiger partial charge in [0.1, 0.15) is 0 Å². The number of hydrogen-bond acceptors (Lipinski definition) is 1. The summed E-state index contributed by atoms with van der Waals surface area (Å²) in [5.74, 6) is 0.741. The summed E-state index contributed by atoms with van der Waals surface area (Å²) in [5, 5.41) is 4.16. The molecule has 0 saturated heterocycles. The second-order valence-electron chi connectivity index (χ2n) is 5.50. The molecule has 16 heavy (non-hydrogen) atoms. The van der Waals surface area contributed by atoms with Gasteiger partial charge in [0.05, 0.1) is 0 Å². The molecule has 0 aromatic heterocycles. The normalized spacial score (nSPS) is 21.8. The molecule has 0 aromatic carbocycles. The van der Waals surface area contributed by atoms with E-state index < -0.39 is 0 Å². The van der Waals surface area contributed by atoms with E-state index in [-0.39, 0.29) is 17.4 Å². The summed E-state index contributed by atoms with van der Waals surface area (Å²) in [4.78, 5) is 12.1. The smallest absolute Gasteiger partial charge is 0.223 e. The predicted molar refractivity (Wildman–Crippen MR) is 71.8 cm³/mol. The lowest BCUT2D eigenvalue weighted by Crippen LogP contribution is -2.53. The highest BCUT2D eigenvalue weighted by Crippen LogP contribution is 2.30. The van der Waals surface area contributed by atoms with Crippen LogP contribution in [0.1, 0.15) is 52.9 Å². The minimum Gasteiger partial charge on any atom is -0.350 e. The van der Waals surface area contributed by atoms with E-state index >= 15 is 0 Å². The zero-order valence-corrected chi connectivity index (χ0v) is 12.3. The summed E-state index contributed by atoms with van der Waals surface area (Å²) >= 11 is 3.57. The van der Waals surface area contributed by atoms with Gasteiger partial charge in [-0.15, -0.1) is 0 Å². The van der Waals surface area contributed by atoms with Crippen molar-refractivity contribution in [2.75, 3.05) is 5.33 Å². The number of carbonyl (C=O) groups excluding carboxylic acids is 1. The average molecular weight is 290 g/mol. The average Bonchev–Trinajstić information content (AvgIpc) is 2.29. The topological polar surface area (TPSA) is 29.1 Å². The van der Waals surface area contributed by atoms with Gasteiger partial charge in [-0.1, -0.05) is 56.0 Å². The van der Waals surface area contributed by atoms with Crippen LogP contribution in [0, 0.1) is 11.8 Å². The lowest BCUT2D eigenvalue weighted by atomic mass is 9.82. The molecular weight excluding hydrogens is 266 g/mol. The number of rotatable bonds is 4. The largest absolute Gasteiger partial charge is 0.350 e. The summed E-state index contributed by atoms with van der Waals surface area (Å²) in [6.45, 7) is 6.22. The molecule has 1 saturated carbocycles. The molecule has 1 fully saturated rings. The molecule has 0 aliphatic heterocycles. The third-order valence-electron chi connectivity index (χ3n) is 3.87. The Morgan fingerprint density at radius 2 is 1.81 bits per heavy atom. The van der Waals surface area contributed by atoms with Gasteiger partial charge in [0.2, 0.25) is 5.91 Å². The van der Waals surface area contributed by atoms with Gasteiger partial charge >= 0.3 is 0 Å². The third kappa shape index (κ3) is 3.47. The first-order chi connectivity index (χ1) is 7.51. The molecule has 1 unspecified atom stereocenters. The van der Waals surface area contributed by atoms with Crippen molar-refractivity contribution in [1.82, 2.24) is 5.32 Å². The number of amides is 1. The number of carbonyl (C=O) groups is 1. The Morgan fingerprint density at radius 3 is 2.25 bits per heavy atom. The third-order valence-corrected chi connectivity index (χ3v) is 4.94. The molecule has 0 radical (unpaired) electrons. The van der Waals surface area contributed by atoms with Crippen molar-refractivity contribution in [2.45, 2.75) is 58.4 Å². The molecule has 2 nitrogen and oxygen atoms in total. The Labute approximate surface area is 108 Å². The minimum absolute atomic E-state index is 0.0263. The van der Waals surface area contributed by atoms with Crippen LogP contribution in [0.2, 0.25) is 0 Å². The maximum absolute atomic E-state index is 12.1. The fourth-order valence-corrected chi connectivity index (χ4v) is 2.90. The number of hydrogen-bond donors (Lipinski definition) is 1. The maximum Gasteiger partial charge on any atom is 0.223 e. The van der Waals surface area contributed by atoms with E-state index in [9.17, 15) is 4.79 Å². The molecule has 0 aromatic rings. The molecule has 1 rings (SSSR count). The second kappa shape index (κ2) is 6.04. The van der Waals surface area contributed by atoms with E-state index in [1.165, 1.54) is 19.3 Å². The van der Waals surface area contributed by atoms with E-state index in [0.29, 0.717) is 5.92 Å². The molecule has 94 valence electrons. The van der Waals surface area contributed by atoms with Crippen LogP contribution in [0.5, 0.6) is 0 Å². The van der Waals surface area contributed by atoms with Crippen LogP contribution in [0.25, 0.3) is 0 Å². The summed E-state index contributed by atoms with van der Waals surface area (Å²) in [5.41, 5.74) is 0.0263. The van der Waals surface area contributed by atoms with E-state index in [0.717, 1.165) is 18.2 Å². The fourth-order valence-electron chi connectivity index (χ4n) is 2.20. The van der Waals surface area contributed by atoms with E-state index in [2.05, 4.69) is 35.1 Å². The van der Waals surface area contributed by atoms with Crippen molar-refractivity contribution in [2.24, 2.45) is 11.8 Å². The standard InChI is InChI=1S/C13H24BrNO/c1-10(2)11(3)12(16)15-13(9-14)7-5-4-6-8-13/h10-11H,4-9H2,1-3H3,(H,15,16). The first-order valence-electron chi connectivity index (χ1n) is 6.39. The zero-order chi connectivity index (χ0) is 12.2. The Hall–Kier alpha value is -0.0500. The van der Waals surface area contributed by atoms with Gasteiger partial charge in [-0.2, -0.15) is 0 Å². The number of nitrogens with one attached hydrogen (secondary N) is 1. The molecular formula is C13H24BrNO. The number of alkyl halides is 1. The lowest BCUT2D eigenvalue weighted by molar-refractivity contribution is -0.127. The molecule has 3 heteroatoms. The maximum atomic E-state index is 12.1. The van der Waals surface area contributed by atoms with Gasteiger partial charge in [-0.25, -0.2) is 0 Å². The monoisotopic (exact) mass is 289 g/mol. The SMILES string of the molecule is CC(C)C(C)C(=O)NC1(CBr)CCCCC1. The van der Waals surface area contributed by atoms with Crippen LogP contribution < -0.4 is 5.32 Å². The highest BCUT2D eigenvalue weighted by molar-refractivity contribution is 9.09. The van der Waals surface area contributed by atoms with Crippen molar-refractivity contribution in [3.05, 3.63) is 0 Å². The predicted octanol–water partition coefficient (Wildman–Crippen LogP) is 3.49. The molecule has 1 atom stereocenters. The Bertz CT molecular complexity index is 234. The van der Waals surface area contributed by atoms with Crippen molar-refractivity contribution < 1.29 is 4.79 Å². The van der Waals surface area contributed by atoms with Crippen molar-refractivity contribution in [1.29, 1.82) is 0 Å². The Kier molecular flexibility index (Phi) is 5.29. The summed E-state index contributed by atoms with van der Waals surface area (Å²) in [6.07, 6.45) is 6.03. The fraction of sp³-hybridized carbons (Fsp3) is 0.923. The van der Waals surface area contributed by atoms with Gasteiger partial charge in [0, 0.05) is 16.8 Å². The van der Waals surface area contributed by atoms with E-state index in [4.69, 9.17) is 0 Å². The molecule has 1 aliphatic carbocycles. The first-order valence-corrected chi connectivity index (χ1v) is 7.51. The molecule has 1 N–H and O–H groups in total. The quantitative estimate of drug-likeness (QED) is 0.789. The van der Waals surface area contributed by atoms with Crippen LogP contribution >= 0.6 is 15.9 Å². The molecule has 1 aliphatic rings. The molecule has 0 spiro atoms. The van der Waals surface area contributed by atoms with Crippen LogP contribution in [-0.2, 0) is 4.79 Å². The van der Waals surface area contributed by atoms with Crippen LogP contribution in [0.3, 0.4) is 0 Å². The van der Waals surface area contributed by atoms with E-state index in [1.807, 2.05) is 6.92 Å². The molecule has 1 amide bonds. The van der Waals surface area contributed by atoms with Gasteiger partial charge in [0.25, 0.3) is 0 Å². The van der Waals surface area contributed by atoms with Gasteiger partial charge < -0.3 is 5.32 Å². The van der Waals surface area contributed by atoms with Crippen LogP contribution in [0.15, 0.2) is 0 Å². The highest BCUT2D eigenvalue weighted by atomic mass is 79.9. The minimum atomic E-state index is 0.0263. The Morgan fingerprint density at radius 1 is 1.25 bits per heavy atom. The summed E-state index contributed by atoms with van der Waals surface area (Å²) in [6, 6.07) is 0. The molecule has 0 heterocycles. The number of halogens is 1. The highest BCUT2D eigenvalue weighted by Gasteiger charge is 2.33. The van der Waals surface area contributed by atoms with Gasteiger partial charge in [0.15, 0.2) is 0 Å². The summed E-state index contributed by atoms with van der Waals surface area (Å²) in [7, 11) is 0.